The molecule has 5 heteroatoms. The van der Waals surface area contributed by atoms with E-state index in [1.54, 1.807) is 11.8 Å². The predicted molar refractivity (Wildman–Crippen MR) is 111 cm³/mol. The van der Waals surface area contributed by atoms with E-state index >= 15 is 0 Å². The van der Waals surface area contributed by atoms with E-state index in [4.69, 9.17) is 5.26 Å². The molecule has 3 aliphatic rings. The van der Waals surface area contributed by atoms with Gasteiger partial charge in [0.2, 0.25) is 5.91 Å². The van der Waals surface area contributed by atoms with Crippen LogP contribution in [-0.2, 0) is 14.4 Å². The quantitative estimate of drug-likeness (QED) is 0.562. The molecule has 2 saturated carbocycles. The van der Waals surface area contributed by atoms with Gasteiger partial charge in [-0.3, -0.25) is 14.4 Å². The normalized spacial score (nSPS) is 21.5. The minimum absolute atomic E-state index is 0.0263. The van der Waals surface area contributed by atoms with Crippen LogP contribution in [0.15, 0.2) is 12.1 Å². The maximum Gasteiger partial charge on any atom is 0.236 e. The molecule has 2 aliphatic carbocycles. The van der Waals surface area contributed by atoms with Crippen LogP contribution in [0, 0.1) is 47.8 Å². The molecule has 1 heterocycles. The maximum atomic E-state index is 13.2. The van der Waals surface area contributed by atoms with Crippen LogP contribution < -0.4 is 0 Å². The van der Waals surface area contributed by atoms with Crippen molar-refractivity contribution >= 4 is 17.5 Å². The highest BCUT2D eigenvalue weighted by atomic mass is 16.2. The number of nitriles is 1. The first-order valence-electron chi connectivity index (χ1n) is 10.5. The fourth-order valence-electron chi connectivity index (χ4n) is 6.29. The summed E-state index contributed by atoms with van der Waals surface area (Å²) in [5.74, 6) is 5.21. The number of aryl methyl sites for hydroxylation is 2. The number of ketones is 2. The third-order valence-corrected chi connectivity index (χ3v) is 7.03. The number of hydrogen-bond acceptors (Lipinski definition) is 4. The van der Waals surface area contributed by atoms with Gasteiger partial charge in [0.25, 0.3) is 0 Å². The number of likely N-dealkylation sites (tertiary alicyclic amines) is 1. The molecule has 5 nitrogen and oxygen atoms in total. The third kappa shape index (κ3) is 3.23. The molecule has 154 valence electrons. The number of hydrogen-bond donors (Lipinski definition) is 0. The molecule has 0 radical (unpaired) electrons. The average molecular weight is 402 g/mol. The van der Waals surface area contributed by atoms with Gasteiger partial charge in [-0.05, 0) is 67.9 Å². The van der Waals surface area contributed by atoms with Gasteiger partial charge in [0.15, 0.2) is 0 Å². The Labute approximate surface area is 177 Å². The Balaban J connectivity index is 1.47. The predicted octanol–water partition coefficient (Wildman–Crippen LogP) is 3.21. The van der Waals surface area contributed by atoms with Crippen molar-refractivity contribution < 1.29 is 14.4 Å². The second-order valence-corrected chi connectivity index (χ2v) is 9.56. The van der Waals surface area contributed by atoms with E-state index < -0.39 is 5.92 Å². The van der Waals surface area contributed by atoms with E-state index in [9.17, 15) is 14.4 Å². The summed E-state index contributed by atoms with van der Waals surface area (Å²) in [6.45, 7) is 7.00. The van der Waals surface area contributed by atoms with E-state index in [2.05, 4.69) is 11.8 Å². The van der Waals surface area contributed by atoms with Crippen LogP contribution in [0.3, 0.4) is 0 Å². The minimum atomic E-state index is -0.661. The van der Waals surface area contributed by atoms with Gasteiger partial charge in [-0.1, -0.05) is 5.92 Å². The van der Waals surface area contributed by atoms with Crippen molar-refractivity contribution in [1.82, 2.24) is 4.90 Å². The van der Waals surface area contributed by atoms with Gasteiger partial charge in [0, 0.05) is 36.9 Å². The summed E-state index contributed by atoms with van der Waals surface area (Å²) in [7, 11) is 0. The molecule has 1 aliphatic heterocycles. The Hall–Kier alpha value is -2.92. The SMILES string of the molecule is CC#Cc1cc(C)c(C2C(=O)CC3(CC2=O)CC2(CN(C(=O)CC#N)C2)C3)c(C)c1. The molecule has 1 aromatic rings. The van der Waals surface area contributed by atoms with Crippen molar-refractivity contribution in [2.24, 2.45) is 10.8 Å². The lowest BCUT2D eigenvalue weighted by Gasteiger charge is -2.65. The number of amides is 1. The van der Waals surface area contributed by atoms with E-state index in [-0.39, 0.29) is 34.7 Å². The lowest BCUT2D eigenvalue weighted by Crippen LogP contribution is -2.68. The number of rotatable bonds is 2. The van der Waals surface area contributed by atoms with Gasteiger partial charge in [0.1, 0.15) is 23.9 Å². The minimum Gasteiger partial charge on any atom is -0.341 e. The molecule has 3 fully saturated rings. The molecule has 1 aromatic carbocycles. The molecule has 30 heavy (non-hydrogen) atoms. The maximum absolute atomic E-state index is 13.2. The average Bonchev–Trinajstić information content (AvgIpc) is 2.59. The molecule has 4 rings (SSSR count). The Morgan fingerprint density at radius 2 is 1.67 bits per heavy atom. The van der Waals surface area contributed by atoms with Crippen LogP contribution in [0.5, 0.6) is 0 Å². The zero-order chi connectivity index (χ0) is 21.7. The first-order chi connectivity index (χ1) is 14.2. The largest absolute Gasteiger partial charge is 0.341 e. The lowest BCUT2D eigenvalue weighted by molar-refractivity contribution is -0.178. The zero-order valence-electron chi connectivity index (χ0n) is 17.8. The summed E-state index contributed by atoms with van der Waals surface area (Å²) >= 11 is 0. The molecule has 1 amide bonds. The molecule has 0 atom stereocenters. The van der Waals surface area contributed by atoms with Crippen molar-refractivity contribution in [2.45, 2.75) is 58.8 Å². The number of carbonyl (C=O) groups excluding carboxylic acids is 3. The monoisotopic (exact) mass is 402 g/mol. The second kappa shape index (κ2) is 7.10. The van der Waals surface area contributed by atoms with E-state index in [1.165, 1.54) is 0 Å². The molecule has 0 bridgehead atoms. The van der Waals surface area contributed by atoms with Crippen molar-refractivity contribution in [3.05, 3.63) is 34.4 Å². The second-order valence-electron chi connectivity index (χ2n) is 9.56. The van der Waals surface area contributed by atoms with Gasteiger partial charge in [-0.25, -0.2) is 0 Å². The first kappa shape index (κ1) is 20.4. The van der Waals surface area contributed by atoms with E-state index in [1.807, 2.05) is 32.0 Å². The van der Waals surface area contributed by atoms with Crippen molar-refractivity contribution in [1.29, 1.82) is 5.26 Å². The van der Waals surface area contributed by atoms with Gasteiger partial charge in [0.05, 0.1) is 6.07 Å². The fraction of sp³-hybridized carbons (Fsp3) is 0.520. The molecule has 0 N–H and O–H groups in total. The smallest absolute Gasteiger partial charge is 0.236 e. The van der Waals surface area contributed by atoms with Gasteiger partial charge in [-0.15, -0.1) is 5.92 Å². The summed E-state index contributed by atoms with van der Waals surface area (Å²) in [6, 6.07) is 5.82. The summed E-state index contributed by atoms with van der Waals surface area (Å²) in [5.41, 5.74) is 3.48. The molecule has 0 aromatic heterocycles. The summed E-state index contributed by atoms with van der Waals surface area (Å²) in [5, 5.41) is 8.68. The summed E-state index contributed by atoms with van der Waals surface area (Å²) < 4.78 is 0. The Kier molecular flexibility index (Phi) is 4.82. The van der Waals surface area contributed by atoms with Crippen LogP contribution in [0.2, 0.25) is 0 Å². The van der Waals surface area contributed by atoms with Crippen LogP contribution in [0.1, 0.15) is 67.2 Å². The van der Waals surface area contributed by atoms with Crippen LogP contribution in [0.25, 0.3) is 0 Å². The summed E-state index contributed by atoms with van der Waals surface area (Å²) in [6.07, 6.45) is 2.44. The van der Waals surface area contributed by atoms with Gasteiger partial charge >= 0.3 is 0 Å². The number of benzene rings is 1. The number of carbonyl (C=O) groups is 3. The lowest BCUT2D eigenvalue weighted by atomic mass is 9.45. The molecular weight excluding hydrogens is 376 g/mol. The molecular formula is C25H26N2O3. The standard InChI is InChI=1S/C25H26N2O3/c1-4-5-18-8-16(2)22(17(3)9-18)23-19(28)10-24(11-20(23)29)12-25(13-24)14-27(15-25)21(30)6-7-26/h8-9,23H,6,10-15H2,1-3H3. The highest BCUT2D eigenvalue weighted by Gasteiger charge is 2.63. The van der Waals surface area contributed by atoms with Crippen molar-refractivity contribution in [3.63, 3.8) is 0 Å². The molecule has 2 spiro atoms. The zero-order valence-corrected chi connectivity index (χ0v) is 17.8. The first-order valence-corrected chi connectivity index (χ1v) is 10.5. The summed E-state index contributed by atoms with van der Waals surface area (Å²) in [4.78, 5) is 39.9. The van der Waals surface area contributed by atoms with E-state index in [0.29, 0.717) is 25.9 Å². The van der Waals surface area contributed by atoms with E-state index in [0.717, 1.165) is 35.1 Å². The fourth-order valence-corrected chi connectivity index (χ4v) is 6.29. The third-order valence-electron chi connectivity index (χ3n) is 7.03. The Bertz CT molecular complexity index is 1010. The topological polar surface area (TPSA) is 78.2 Å². The van der Waals surface area contributed by atoms with Gasteiger partial charge in [-0.2, -0.15) is 5.26 Å². The number of Topliss-reactive ketones (excluding diaryl/α,β-unsaturated/α-hetero) is 2. The molecule has 0 unspecified atom stereocenters. The van der Waals surface area contributed by atoms with Crippen molar-refractivity contribution in [3.8, 4) is 17.9 Å². The Morgan fingerprint density at radius 1 is 1.10 bits per heavy atom. The van der Waals surface area contributed by atoms with Crippen LogP contribution >= 0.6 is 0 Å². The van der Waals surface area contributed by atoms with Crippen LogP contribution in [0.4, 0.5) is 0 Å². The highest BCUT2D eigenvalue weighted by molar-refractivity contribution is 6.10. The van der Waals surface area contributed by atoms with Crippen LogP contribution in [-0.4, -0.2) is 35.5 Å². The highest BCUT2D eigenvalue weighted by Crippen LogP contribution is 2.64. The van der Waals surface area contributed by atoms with Gasteiger partial charge < -0.3 is 4.90 Å². The Morgan fingerprint density at radius 3 is 2.17 bits per heavy atom. The number of nitrogens with zero attached hydrogens (tertiary/aromatic N) is 2. The molecule has 1 saturated heterocycles. The van der Waals surface area contributed by atoms with Crippen molar-refractivity contribution in [2.75, 3.05) is 13.1 Å².